The monoisotopic (exact) mass is 227 g/mol. The number of rotatable bonds is 1. The molecule has 0 saturated heterocycles. The van der Waals surface area contributed by atoms with E-state index < -0.39 is 0 Å². The lowest BCUT2D eigenvalue weighted by Gasteiger charge is -2.02. The Morgan fingerprint density at radius 2 is 2.12 bits per heavy atom. The second kappa shape index (κ2) is 4.34. The van der Waals surface area contributed by atoms with Crippen LogP contribution < -0.4 is 5.32 Å². The molecular formula is C14H17N3. The van der Waals surface area contributed by atoms with Gasteiger partial charge in [-0.15, -0.1) is 0 Å². The highest BCUT2D eigenvalue weighted by atomic mass is 15.3. The van der Waals surface area contributed by atoms with Crippen LogP contribution in [-0.4, -0.2) is 22.9 Å². The molecule has 0 saturated carbocycles. The molecule has 2 aromatic rings. The van der Waals surface area contributed by atoms with Crippen molar-refractivity contribution in [2.75, 3.05) is 13.1 Å². The summed E-state index contributed by atoms with van der Waals surface area (Å²) in [6.07, 6.45) is 4.30. The minimum Gasteiger partial charge on any atom is -0.316 e. The molecule has 3 heteroatoms. The number of fused-ring (bicyclic) bond motifs is 1. The Morgan fingerprint density at radius 1 is 1.24 bits per heavy atom. The van der Waals surface area contributed by atoms with Crippen LogP contribution in [0.4, 0.5) is 0 Å². The van der Waals surface area contributed by atoms with E-state index in [4.69, 9.17) is 5.10 Å². The molecule has 0 fully saturated rings. The minimum atomic E-state index is 1.04. The quantitative estimate of drug-likeness (QED) is 0.806. The van der Waals surface area contributed by atoms with Crippen LogP contribution in [0.15, 0.2) is 30.5 Å². The molecule has 1 aliphatic heterocycles. The van der Waals surface area contributed by atoms with Crippen LogP contribution >= 0.6 is 0 Å². The van der Waals surface area contributed by atoms with Gasteiger partial charge in [-0.3, -0.25) is 0 Å². The third-order valence-corrected chi connectivity index (χ3v) is 3.25. The molecule has 0 unspecified atom stereocenters. The Labute approximate surface area is 101 Å². The minimum absolute atomic E-state index is 1.04. The molecular weight excluding hydrogens is 210 g/mol. The van der Waals surface area contributed by atoms with Crippen molar-refractivity contribution in [3.63, 3.8) is 0 Å². The largest absolute Gasteiger partial charge is 0.316 e. The summed E-state index contributed by atoms with van der Waals surface area (Å²) in [4.78, 5) is 0. The Morgan fingerprint density at radius 3 is 3.00 bits per heavy atom. The van der Waals surface area contributed by atoms with Crippen molar-refractivity contribution in [3.8, 4) is 5.69 Å². The molecule has 17 heavy (non-hydrogen) atoms. The molecule has 3 rings (SSSR count). The second-order valence-electron chi connectivity index (χ2n) is 4.63. The van der Waals surface area contributed by atoms with E-state index in [9.17, 15) is 0 Å². The normalized spacial score (nSPS) is 15.4. The van der Waals surface area contributed by atoms with Crippen LogP contribution in [0.3, 0.4) is 0 Å². The van der Waals surface area contributed by atoms with Gasteiger partial charge in [0.15, 0.2) is 0 Å². The summed E-state index contributed by atoms with van der Waals surface area (Å²) in [5.74, 6) is 0. The van der Waals surface area contributed by atoms with Crippen LogP contribution in [0.1, 0.15) is 16.8 Å². The SMILES string of the molecule is Cc1cccc(-n2cc3c(n2)CCNCC3)c1. The third kappa shape index (κ3) is 2.11. The van der Waals surface area contributed by atoms with Crippen molar-refractivity contribution in [3.05, 3.63) is 47.3 Å². The maximum absolute atomic E-state index is 4.70. The number of aromatic nitrogens is 2. The molecule has 0 radical (unpaired) electrons. The standard InChI is InChI=1S/C14H17N3/c1-11-3-2-4-13(9-11)17-10-12-5-7-15-8-6-14(12)16-17/h2-4,9-10,15H,5-8H2,1H3. The van der Waals surface area contributed by atoms with Crippen LogP contribution in [-0.2, 0) is 12.8 Å². The molecule has 1 aromatic carbocycles. The van der Waals surface area contributed by atoms with Gasteiger partial charge in [0.05, 0.1) is 11.4 Å². The zero-order valence-corrected chi connectivity index (χ0v) is 10.1. The van der Waals surface area contributed by atoms with Crippen molar-refractivity contribution in [1.29, 1.82) is 0 Å². The van der Waals surface area contributed by atoms with Crippen molar-refractivity contribution in [1.82, 2.24) is 15.1 Å². The Balaban J connectivity index is 1.99. The molecule has 0 atom stereocenters. The number of aryl methyl sites for hydroxylation is 1. The van der Waals surface area contributed by atoms with Gasteiger partial charge < -0.3 is 5.32 Å². The fourth-order valence-electron chi connectivity index (χ4n) is 2.32. The van der Waals surface area contributed by atoms with Gasteiger partial charge in [0, 0.05) is 19.2 Å². The molecule has 88 valence electrons. The average molecular weight is 227 g/mol. The first-order chi connectivity index (χ1) is 8.33. The van der Waals surface area contributed by atoms with E-state index >= 15 is 0 Å². The zero-order valence-electron chi connectivity index (χ0n) is 10.1. The van der Waals surface area contributed by atoms with Gasteiger partial charge in [0.25, 0.3) is 0 Å². The van der Waals surface area contributed by atoms with Gasteiger partial charge in [0.1, 0.15) is 0 Å². The number of hydrogen-bond acceptors (Lipinski definition) is 2. The molecule has 3 nitrogen and oxygen atoms in total. The summed E-state index contributed by atoms with van der Waals surface area (Å²) in [6.45, 7) is 4.21. The second-order valence-corrected chi connectivity index (χ2v) is 4.63. The van der Waals surface area contributed by atoms with Gasteiger partial charge in [0.2, 0.25) is 0 Å². The number of benzene rings is 1. The lowest BCUT2D eigenvalue weighted by molar-refractivity contribution is 0.695. The Hall–Kier alpha value is -1.61. The smallest absolute Gasteiger partial charge is 0.0674 e. The summed E-state index contributed by atoms with van der Waals surface area (Å²) in [5, 5.41) is 8.10. The highest BCUT2D eigenvalue weighted by Gasteiger charge is 2.12. The maximum atomic E-state index is 4.70. The first-order valence-electron chi connectivity index (χ1n) is 6.18. The van der Waals surface area contributed by atoms with Gasteiger partial charge >= 0.3 is 0 Å². The molecule has 1 aliphatic rings. The van der Waals surface area contributed by atoms with Crippen LogP contribution in [0.2, 0.25) is 0 Å². The van der Waals surface area contributed by atoms with E-state index in [2.05, 4.69) is 42.7 Å². The summed E-state index contributed by atoms with van der Waals surface area (Å²) in [7, 11) is 0. The Kier molecular flexibility index (Phi) is 2.69. The lowest BCUT2D eigenvalue weighted by atomic mass is 10.2. The van der Waals surface area contributed by atoms with Crippen molar-refractivity contribution < 1.29 is 0 Å². The molecule has 0 spiro atoms. The first-order valence-corrected chi connectivity index (χ1v) is 6.18. The molecule has 1 aromatic heterocycles. The summed E-state index contributed by atoms with van der Waals surface area (Å²) in [5.41, 5.74) is 5.06. The van der Waals surface area contributed by atoms with Crippen LogP contribution in [0, 0.1) is 6.92 Å². The highest BCUT2D eigenvalue weighted by molar-refractivity contribution is 5.36. The summed E-state index contributed by atoms with van der Waals surface area (Å²) >= 11 is 0. The highest BCUT2D eigenvalue weighted by Crippen LogP contribution is 2.15. The summed E-state index contributed by atoms with van der Waals surface area (Å²) in [6, 6.07) is 8.48. The first kappa shape index (κ1) is 10.5. The number of nitrogens with zero attached hydrogens (tertiary/aromatic N) is 2. The van der Waals surface area contributed by atoms with E-state index in [-0.39, 0.29) is 0 Å². The van der Waals surface area contributed by atoms with Crippen LogP contribution in [0.25, 0.3) is 5.69 Å². The lowest BCUT2D eigenvalue weighted by Crippen LogP contribution is -2.16. The molecule has 0 aliphatic carbocycles. The van der Waals surface area contributed by atoms with Gasteiger partial charge in [-0.1, -0.05) is 12.1 Å². The average Bonchev–Trinajstić information content (AvgIpc) is 2.61. The number of hydrogen-bond donors (Lipinski definition) is 1. The molecule has 1 N–H and O–H groups in total. The van der Waals surface area contributed by atoms with Crippen LogP contribution in [0.5, 0.6) is 0 Å². The fraction of sp³-hybridized carbons (Fsp3) is 0.357. The third-order valence-electron chi connectivity index (χ3n) is 3.25. The van der Waals surface area contributed by atoms with Gasteiger partial charge in [-0.25, -0.2) is 4.68 Å². The van der Waals surface area contributed by atoms with E-state index in [1.165, 1.54) is 16.8 Å². The van der Waals surface area contributed by atoms with Crippen molar-refractivity contribution >= 4 is 0 Å². The van der Waals surface area contributed by atoms with E-state index in [0.717, 1.165) is 31.6 Å². The zero-order chi connectivity index (χ0) is 11.7. The predicted octanol–water partition coefficient (Wildman–Crippen LogP) is 1.87. The molecule has 0 amide bonds. The van der Waals surface area contributed by atoms with Gasteiger partial charge in [-0.05, 0) is 43.1 Å². The van der Waals surface area contributed by atoms with E-state index in [0.29, 0.717) is 0 Å². The summed E-state index contributed by atoms with van der Waals surface area (Å²) < 4.78 is 2.02. The van der Waals surface area contributed by atoms with Crippen molar-refractivity contribution in [2.45, 2.75) is 19.8 Å². The molecule has 0 bridgehead atoms. The topological polar surface area (TPSA) is 29.9 Å². The Bertz CT molecular complexity index is 505. The van der Waals surface area contributed by atoms with Gasteiger partial charge in [-0.2, -0.15) is 5.10 Å². The van der Waals surface area contributed by atoms with E-state index in [1.54, 1.807) is 0 Å². The maximum Gasteiger partial charge on any atom is 0.0674 e. The molecule has 2 heterocycles. The number of nitrogens with one attached hydrogen (secondary N) is 1. The van der Waals surface area contributed by atoms with Crippen molar-refractivity contribution in [2.24, 2.45) is 0 Å². The predicted molar refractivity (Wildman–Crippen MR) is 68.6 cm³/mol. The van der Waals surface area contributed by atoms with E-state index in [1.807, 2.05) is 4.68 Å². The fourth-order valence-corrected chi connectivity index (χ4v) is 2.32.